The minimum Gasteiger partial charge on any atom is -0.506 e. The van der Waals surface area contributed by atoms with Gasteiger partial charge in [0, 0.05) is 11.0 Å². The predicted octanol–water partition coefficient (Wildman–Crippen LogP) is 5.63. The third kappa shape index (κ3) is 3.63. The molecule has 1 aromatic carbocycles. The Bertz CT molecular complexity index is 369. The molecule has 5 heteroatoms. The molecule has 0 aliphatic carbocycles. The lowest BCUT2D eigenvalue weighted by Crippen LogP contribution is -1.84. The summed E-state index contributed by atoms with van der Waals surface area (Å²) < 4.78 is 0. The number of rotatable bonds is 5. The molecule has 1 rings (SSSR count). The third-order valence-corrected chi connectivity index (χ3v) is 4.68. The Hall–Kier alpha value is 0.240. The third-order valence-electron chi connectivity index (χ3n) is 2.09. The van der Waals surface area contributed by atoms with Gasteiger partial charge in [-0.25, -0.2) is 0 Å². The molecule has 0 saturated heterocycles. The van der Waals surface area contributed by atoms with Crippen molar-refractivity contribution >= 4 is 46.6 Å². The normalized spacial score (nSPS) is 10.8. The Morgan fingerprint density at radius 2 is 1.88 bits per heavy atom. The van der Waals surface area contributed by atoms with Crippen molar-refractivity contribution in [1.29, 1.82) is 0 Å². The highest BCUT2D eigenvalue weighted by Gasteiger charge is 2.14. The highest BCUT2D eigenvalue weighted by molar-refractivity contribution is 7.99. The van der Waals surface area contributed by atoms with Crippen LogP contribution in [0.4, 0.5) is 0 Å². The number of hydrogen-bond donors (Lipinski definition) is 1. The smallest absolute Gasteiger partial charge is 0.137 e. The maximum absolute atomic E-state index is 9.40. The lowest BCUT2D eigenvalue weighted by atomic mass is 10.3. The summed E-state index contributed by atoms with van der Waals surface area (Å²) in [7, 11) is 0. The van der Waals surface area contributed by atoms with E-state index >= 15 is 0 Å². The molecule has 1 N–H and O–H groups in total. The van der Waals surface area contributed by atoms with Crippen LogP contribution in [0.2, 0.25) is 15.1 Å². The van der Waals surface area contributed by atoms with Crippen LogP contribution in [0, 0.1) is 0 Å². The molecule has 0 aliphatic heterocycles. The van der Waals surface area contributed by atoms with Crippen molar-refractivity contribution in [3.05, 3.63) is 21.1 Å². The van der Waals surface area contributed by atoms with Crippen molar-refractivity contribution < 1.29 is 5.11 Å². The molecule has 0 aromatic heterocycles. The van der Waals surface area contributed by atoms with Crippen LogP contribution in [0.15, 0.2) is 11.0 Å². The molecule has 1 aromatic rings. The largest absolute Gasteiger partial charge is 0.506 e. The number of phenols is 1. The summed E-state index contributed by atoms with van der Waals surface area (Å²) >= 11 is 19.4. The van der Waals surface area contributed by atoms with Gasteiger partial charge in [0.2, 0.25) is 0 Å². The molecule has 0 saturated carbocycles. The molecule has 0 radical (unpaired) electrons. The Labute approximate surface area is 115 Å². The van der Waals surface area contributed by atoms with E-state index in [-0.39, 0.29) is 10.8 Å². The molecule has 90 valence electrons. The summed E-state index contributed by atoms with van der Waals surface area (Å²) in [6, 6.07) is 1.43. The molecule has 0 unspecified atom stereocenters. The fourth-order valence-corrected chi connectivity index (χ4v) is 3.18. The van der Waals surface area contributed by atoms with Gasteiger partial charge in [-0.3, -0.25) is 0 Å². The van der Waals surface area contributed by atoms with Gasteiger partial charge in [0.15, 0.2) is 0 Å². The number of aromatic hydroxyl groups is 1. The Kier molecular flexibility index (Phi) is 6.12. The van der Waals surface area contributed by atoms with Crippen molar-refractivity contribution in [2.24, 2.45) is 0 Å². The van der Waals surface area contributed by atoms with E-state index in [0.29, 0.717) is 10.0 Å². The number of unbranched alkanes of at least 4 members (excludes halogenated alkanes) is 2. The molecular weight excluding hydrogens is 287 g/mol. The van der Waals surface area contributed by atoms with Gasteiger partial charge in [-0.1, -0.05) is 54.6 Å². The number of hydrogen-bond acceptors (Lipinski definition) is 2. The molecule has 0 atom stereocenters. The number of phenolic OH excluding ortho intramolecular Hbond substituents is 1. The van der Waals surface area contributed by atoms with Crippen LogP contribution in [0.1, 0.15) is 26.2 Å². The predicted molar refractivity (Wildman–Crippen MR) is 73.4 cm³/mol. The second-order valence-electron chi connectivity index (χ2n) is 3.39. The fourth-order valence-electron chi connectivity index (χ4n) is 1.22. The van der Waals surface area contributed by atoms with E-state index in [9.17, 15) is 5.11 Å². The van der Waals surface area contributed by atoms with Crippen molar-refractivity contribution in [1.82, 2.24) is 0 Å². The Balaban J connectivity index is 2.76. The number of thioether (sulfide) groups is 1. The molecule has 1 nitrogen and oxygen atoms in total. The van der Waals surface area contributed by atoms with Gasteiger partial charge in [0.1, 0.15) is 10.8 Å². The van der Waals surface area contributed by atoms with Gasteiger partial charge in [-0.05, 0) is 12.2 Å². The maximum Gasteiger partial charge on any atom is 0.137 e. The molecule has 0 bridgehead atoms. The molecular formula is C11H13Cl3OS. The van der Waals surface area contributed by atoms with Crippen molar-refractivity contribution in [2.45, 2.75) is 31.1 Å². The minimum absolute atomic E-state index is 0.0745. The van der Waals surface area contributed by atoms with Gasteiger partial charge in [0.25, 0.3) is 0 Å². The van der Waals surface area contributed by atoms with Gasteiger partial charge < -0.3 is 5.11 Å². The molecule has 16 heavy (non-hydrogen) atoms. The number of benzene rings is 1. The van der Waals surface area contributed by atoms with Gasteiger partial charge in [-0.15, -0.1) is 11.8 Å². The minimum atomic E-state index is -0.0745. The average Bonchev–Trinajstić information content (AvgIpc) is 2.25. The maximum atomic E-state index is 9.40. The summed E-state index contributed by atoms with van der Waals surface area (Å²) in [4.78, 5) is 0.752. The second kappa shape index (κ2) is 6.85. The first kappa shape index (κ1) is 14.3. The molecule has 0 fully saturated rings. The van der Waals surface area contributed by atoms with Crippen molar-refractivity contribution in [3.63, 3.8) is 0 Å². The molecule has 0 amide bonds. The summed E-state index contributed by atoms with van der Waals surface area (Å²) in [5.74, 6) is 0.878. The monoisotopic (exact) mass is 298 g/mol. The summed E-state index contributed by atoms with van der Waals surface area (Å²) in [5, 5.41) is 10.4. The summed E-state index contributed by atoms with van der Waals surface area (Å²) in [5.41, 5.74) is 0. The lowest BCUT2D eigenvalue weighted by molar-refractivity contribution is 0.475. The average molecular weight is 300 g/mol. The van der Waals surface area contributed by atoms with Crippen LogP contribution in [-0.2, 0) is 0 Å². The highest BCUT2D eigenvalue weighted by atomic mass is 35.5. The number of halogens is 3. The van der Waals surface area contributed by atoms with Crippen LogP contribution in [-0.4, -0.2) is 10.9 Å². The van der Waals surface area contributed by atoms with E-state index in [0.717, 1.165) is 17.1 Å². The van der Waals surface area contributed by atoms with E-state index in [1.807, 2.05) is 0 Å². The van der Waals surface area contributed by atoms with Crippen LogP contribution in [0.5, 0.6) is 5.75 Å². The van der Waals surface area contributed by atoms with Gasteiger partial charge in [-0.2, -0.15) is 0 Å². The summed E-state index contributed by atoms with van der Waals surface area (Å²) in [6.45, 7) is 2.15. The quantitative estimate of drug-likeness (QED) is 0.431. The standard InChI is InChI=1S/C11H13Cl3OS/c1-2-3-4-5-16-11-7(12)6-8(15)9(13)10(11)14/h6,15H,2-5H2,1H3. The van der Waals surface area contributed by atoms with Crippen LogP contribution in [0.25, 0.3) is 0 Å². The van der Waals surface area contributed by atoms with E-state index in [4.69, 9.17) is 34.8 Å². The fraction of sp³-hybridized carbons (Fsp3) is 0.455. The van der Waals surface area contributed by atoms with Crippen molar-refractivity contribution in [2.75, 3.05) is 5.75 Å². The summed E-state index contributed by atoms with van der Waals surface area (Å²) in [6.07, 6.45) is 3.48. The van der Waals surface area contributed by atoms with Crippen molar-refractivity contribution in [3.8, 4) is 5.75 Å². The molecule has 0 aliphatic rings. The van der Waals surface area contributed by atoms with Crippen LogP contribution >= 0.6 is 46.6 Å². The van der Waals surface area contributed by atoms with E-state index in [2.05, 4.69) is 6.92 Å². The highest BCUT2D eigenvalue weighted by Crippen LogP contribution is 2.43. The van der Waals surface area contributed by atoms with Gasteiger partial charge in [0.05, 0.1) is 10.0 Å². The Morgan fingerprint density at radius 1 is 1.19 bits per heavy atom. The van der Waals surface area contributed by atoms with Gasteiger partial charge >= 0.3 is 0 Å². The van der Waals surface area contributed by atoms with Crippen LogP contribution in [0.3, 0.4) is 0 Å². The Morgan fingerprint density at radius 3 is 2.50 bits per heavy atom. The van der Waals surface area contributed by atoms with E-state index in [1.54, 1.807) is 11.8 Å². The SMILES string of the molecule is CCCCCSc1c(Cl)cc(O)c(Cl)c1Cl. The van der Waals surface area contributed by atoms with E-state index in [1.165, 1.54) is 18.9 Å². The topological polar surface area (TPSA) is 20.2 Å². The zero-order chi connectivity index (χ0) is 12.1. The molecule has 0 heterocycles. The lowest BCUT2D eigenvalue weighted by Gasteiger charge is -2.09. The zero-order valence-corrected chi connectivity index (χ0v) is 12.0. The van der Waals surface area contributed by atoms with E-state index < -0.39 is 0 Å². The second-order valence-corrected chi connectivity index (χ2v) is 5.66. The first-order valence-corrected chi connectivity index (χ1v) is 7.19. The first-order valence-electron chi connectivity index (χ1n) is 5.07. The molecule has 0 spiro atoms. The first-order chi connectivity index (χ1) is 7.57. The zero-order valence-electron chi connectivity index (χ0n) is 8.90. The van der Waals surface area contributed by atoms with Crippen LogP contribution < -0.4 is 0 Å².